The molecule has 0 saturated carbocycles. The number of sulfonamides is 1. The lowest BCUT2D eigenvalue weighted by Crippen LogP contribution is -2.51. The maximum atomic E-state index is 13.4. The molecule has 0 aliphatic rings. The minimum atomic E-state index is -3.77. The number of carbonyl (C=O) groups excluding carboxylic acids is 2. The summed E-state index contributed by atoms with van der Waals surface area (Å²) in [5.41, 5.74) is 1.12. The van der Waals surface area contributed by atoms with Gasteiger partial charge in [0.1, 0.15) is 12.6 Å². The molecule has 2 aromatic carbocycles. The van der Waals surface area contributed by atoms with E-state index in [-0.39, 0.29) is 12.5 Å². The quantitative estimate of drug-likeness (QED) is 0.538. The van der Waals surface area contributed by atoms with Gasteiger partial charge in [-0.2, -0.15) is 0 Å². The average molecular weight is 531 g/mol. The van der Waals surface area contributed by atoms with Crippen LogP contribution >= 0.6 is 27.5 Å². The van der Waals surface area contributed by atoms with E-state index in [0.717, 1.165) is 16.1 Å². The molecule has 1 atom stereocenters. The zero-order valence-electron chi connectivity index (χ0n) is 17.5. The number of nitrogens with one attached hydrogen (secondary N) is 1. The molecule has 2 rings (SSSR count). The summed E-state index contributed by atoms with van der Waals surface area (Å²) < 4.78 is 26.6. The molecule has 2 aromatic rings. The van der Waals surface area contributed by atoms with Crippen LogP contribution in [0.15, 0.2) is 53.0 Å². The Kier molecular flexibility index (Phi) is 8.90. The first-order chi connectivity index (χ1) is 14.6. The maximum Gasteiger partial charge on any atom is 0.244 e. The maximum absolute atomic E-state index is 13.4. The van der Waals surface area contributed by atoms with E-state index in [1.807, 2.05) is 0 Å². The predicted molar refractivity (Wildman–Crippen MR) is 126 cm³/mol. The molecular formula is C21H25BrClN3O4S. The molecule has 0 aromatic heterocycles. The highest BCUT2D eigenvalue weighted by molar-refractivity contribution is 9.10. The Balaban J connectivity index is 2.43. The summed E-state index contributed by atoms with van der Waals surface area (Å²) in [6.45, 7) is 1.49. The van der Waals surface area contributed by atoms with Crippen LogP contribution in [0, 0.1) is 0 Å². The largest absolute Gasteiger partial charge is 0.357 e. The summed E-state index contributed by atoms with van der Waals surface area (Å²) >= 11 is 9.30. The molecular weight excluding hydrogens is 506 g/mol. The lowest BCUT2D eigenvalue weighted by molar-refractivity contribution is -0.140. The Morgan fingerprint density at radius 3 is 2.26 bits per heavy atom. The molecule has 0 heterocycles. The molecule has 2 amide bonds. The van der Waals surface area contributed by atoms with Gasteiger partial charge >= 0.3 is 0 Å². The van der Waals surface area contributed by atoms with E-state index in [1.54, 1.807) is 55.5 Å². The number of hydrogen-bond acceptors (Lipinski definition) is 4. The van der Waals surface area contributed by atoms with Gasteiger partial charge in [-0.25, -0.2) is 8.42 Å². The lowest BCUT2D eigenvalue weighted by atomic mass is 10.1. The van der Waals surface area contributed by atoms with Crippen LogP contribution in [0.2, 0.25) is 5.02 Å². The van der Waals surface area contributed by atoms with Crippen molar-refractivity contribution in [3.05, 3.63) is 63.6 Å². The number of benzene rings is 2. The summed E-state index contributed by atoms with van der Waals surface area (Å²) in [7, 11) is -2.27. The van der Waals surface area contributed by atoms with Crippen LogP contribution in [0.4, 0.5) is 5.69 Å². The van der Waals surface area contributed by atoms with Gasteiger partial charge in [-0.05, 0) is 52.2 Å². The molecule has 1 unspecified atom stereocenters. The summed E-state index contributed by atoms with van der Waals surface area (Å²) in [6.07, 6.45) is 1.41. The molecule has 0 aliphatic carbocycles. The summed E-state index contributed by atoms with van der Waals surface area (Å²) in [4.78, 5) is 27.2. The second-order valence-corrected chi connectivity index (χ2v) is 10.1. The van der Waals surface area contributed by atoms with Crippen LogP contribution in [0.5, 0.6) is 0 Å². The van der Waals surface area contributed by atoms with Gasteiger partial charge in [-0.3, -0.25) is 13.9 Å². The van der Waals surface area contributed by atoms with E-state index < -0.39 is 28.5 Å². The van der Waals surface area contributed by atoms with Gasteiger partial charge in [-0.1, -0.05) is 42.8 Å². The van der Waals surface area contributed by atoms with E-state index >= 15 is 0 Å². The molecule has 0 spiro atoms. The molecule has 31 heavy (non-hydrogen) atoms. The number of likely N-dealkylation sites (N-methyl/N-ethyl adjacent to an activating group) is 1. The fraction of sp³-hybridized carbons (Fsp3) is 0.333. The van der Waals surface area contributed by atoms with E-state index in [4.69, 9.17) is 11.6 Å². The monoisotopic (exact) mass is 529 g/mol. The first-order valence-corrected chi connectivity index (χ1v) is 12.6. The first kappa shape index (κ1) is 25.2. The van der Waals surface area contributed by atoms with Gasteiger partial charge in [0.05, 0.1) is 11.9 Å². The molecule has 10 heteroatoms. The Morgan fingerprint density at radius 2 is 1.74 bits per heavy atom. The Labute approximate surface area is 196 Å². The molecule has 0 bridgehead atoms. The van der Waals surface area contributed by atoms with E-state index in [0.29, 0.717) is 21.6 Å². The van der Waals surface area contributed by atoms with Crippen LogP contribution in [0.25, 0.3) is 0 Å². The number of carbonyl (C=O) groups is 2. The fourth-order valence-electron chi connectivity index (χ4n) is 3.12. The average Bonchev–Trinajstić information content (AvgIpc) is 2.72. The number of hydrogen-bond donors (Lipinski definition) is 1. The summed E-state index contributed by atoms with van der Waals surface area (Å²) in [5.74, 6) is -0.816. The lowest BCUT2D eigenvalue weighted by Gasteiger charge is -2.32. The van der Waals surface area contributed by atoms with Gasteiger partial charge in [0.25, 0.3) is 0 Å². The Bertz CT molecular complexity index is 1030. The minimum absolute atomic E-state index is 0.134. The third-order valence-corrected chi connectivity index (χ3v) is 6.75. The van der Waals surface area contributed by atoms with Gasteiger partial charge in [0.15, 0.2) is 0 Å². The van der Waals surface area contributed by atoms with E-state index in [2.05, 4.69) is 21.2 Å². The molecule has 1 N–H and O–H groups in total. The molecule has 0 saturated heterocycles. The van der Waals surface area contributed by atoms with Crippen molar-refractivity contribution >= 4 is 55.1 Å². The number of amides is 2. The van der Waals surface area contributed by atoms with E-state index in [1.165, 1.54) is 11.9 Å². The van der Waals surface area contributed by atoms with Crippen molar-refractivity contribution in [2.75, 3.05) is 24.2 Å². The standard InChI is InChI=1S/C21H25BrClN3O4S/c1-4-18(21(28)24-2)25(13-15-9-11-16(23)12-10-15)20(27)14-26(31(3,29)30)19-8-6-5-7-17(19)22/h5-12,18H,4,13-14H2,1-3H3,(H,24,28). The Hall–Kier alpha value is -2.10. The number of nitrogens with zero attached hydrogens (tertiary/aromatic N) is 2. The first-order valence-electron chi connectivity index (χ1n) is 9.56. The number of anilines is 1. The highest BCUT2D eigenvalue weighted by atomic mass is 79.9. The van der Waals surface area contributed by atoms with Crippen molar-refractivity contribution < 1.29 is 18.0 Å². The van der Waals surface area contributed by atoms with E-state index in [9.17, 15) is 18.0 Å². The number of para-hydroxylation sites is 1. The van der Waals surface area contributed by atoms with Crippen molar-refractivity contribution in [1.29, 1.82) is 0 Å². The van der Waals surface area contributed by atoms with Gasteiger partial charge < -0.3 is 10.2 Å². The van der Waals surface area contributed by atoms with Crippen molar-refractivity contribution in [3.63, 3.8) is 0 Å². The highest BCUT2D eigenvalue weighted by Gasteiger charge is 2.31. The summed E-state index contributed by atoms with van der Waals surface area (Å²) in [6, 6.07) is 12.9. The number of rotatable bonds is 9. The van der Waals surface area contributed by atoms with Crippen molar-refractivity contribution in [2.45, 2.75) is 25.9 Å². The topological polar surface area (TPSA) is 86.8 Å². The van der Waals surface area contributed by atoms with Gasteiger partial charge in [-0.15, -0.1) is 0 Å². The van der Waals surface area contributed by atoms with Gasteiger partial charge in [0.2, 0.25) is 21.8 Å². The second kappa shape index (κ2) is 11.0. The fourth-order valence-corrected chi connectivity index (χ4v) is 4.73. The molecule has 0 aliphatic heterocycles. The third-order valence-electron chi connectivity index (χ3n) is 4.70. The van der Waals surface area contributed by atoms with Crippen LogP contribution < -0.4 is 9.62 Å². The molecule has 168 valence electrons. The van der Waals surface area contributed by atoms with Crippen LogP contribution in [0.3, 0.4) is 0 Å². The SMILES string of the molecule is CCC(C(=O)NC)N(Cc1ccc(Cl)cc1)C(=O)CN(c1ccccc1Br)S(C)(=O)=O. The van der Waals surface area contributed by atoms with Crippen LogP contribution in [-0.4, -0.2) is 51.0 Å². The zero-order valence-corrected chi connectivity index (χ0v) is 20.7. The smallest absolute Gasteiger partial charge is 0.244 e. The second-order valence-electron chi connectivity index (χ2n) is 6.91. The predicted octanol–water partition coefficient (Wildman–Crippen LogP) is 3.42. The van der Waals surface area contributed by atoms with Crippen LogP contribution in [0.1, 0.15) is 18.9 Å². The molecule has 7 nitrogen and oxygen atoms in total. The van der Waals surface area contributed by atoms with Crippen molar-refractivity contribution in [3.8, 4) is 0 Å². The molecule has 0 fully saturated rings. The third kappa shape index (κ3) is 6.69. The van der Waals surface area contributed by atoms with Gasteiger partial charge in [0, 0.05) is 23.1 Å². The molecule has 0 radical (unpaired) electrons. The van der Waals surface area contributed by atoms with Crippen molar-refractivity contribution in [1.82, 2.24) is 10.2 Å². The minimum Gasteiger partial charge on any atom is -0.357 e. The van der Waals surface area contributed by atoms with Crippen molar-refractivity contribution in [2.24, 2.45) is 0 Å². The summed E-state index contributed by atoms with van der Waals surface area (Å²) in [5, 5.41) is 3.13. The highest BCUT2D eigenvalue weighted by Crippen LogP contribution is 2.28. The van der Waals surface area contributed by atoms with Crippen LogP contribution in [-0.2, 0) is 26.2 Å². The Morgan fingerprint density at radius 1 is 1.13 bits per heavy atom. The normalized spacial score (nSPS) is 12.2. The zero-order chi connectivity index (χ0) is 23.2. The number of halogens is 2.